The molecule has 1 saturated heterocycles. The van der Waals surface area contributed by atoms with Crippen LogP contribution in [-0.2, 0) is 4.79 Å². The first-order valence-electron chi connectivity index (χ1n) is 10.7. The van der Waals surface area contributed by atoms with Crippen LogP contribution in [0.1, 0.15) is 22.7 Å². The lowest BCUT2D eigenvalue weighted by molar-refractivity contribution is -0.124. The minimum Gasteiger partial charge on any atom is -0.497 e. The van der Waals surface area contributed by atoms with E-state index in [0.29, 0.717) is 25.4 Å². The summed E-state index contributed by atoms with van der Waals surface area (Å²) < 4.78 is 10.8. The molecule has 7 heteroatoms. The van der Waals surface area contributed by atoms with Crippen LogP contribution in [0.5, 0.6) is 11.5 Å². The lowest BCUT2D eigenvalue weighted by Crippen LogP contribution is -2.52. The van der Waals surface area contributed by atoms with Gasteiger partial charge in [-0.3, -0.25) is 14.6 Å². The Kier molecular flexibility index (Phi) is 7.90. The maximum Gasteiger partial charge on any atom is 0.239 e. The quantitative estimate of drug-likeness (QED) is 0.636. The number of aryl methyl sites for hydroxylation is 2. The molecular weight excluding hydrogens is 394 g/mol. The van der Waals surface area contributed by atoms with Gasteiger partial charge in [-0.2, -0.15) is 0 Å². The van der Waals surface area contributed by atoms with Crippen molar-refractivity contribution in [2.45, 2.75) is 26.0 Å². The number of hydrogen-bond acceptors (Lipinski definition) is 6. The van der Waals surface area contributed by atoms with Gasteiger partial charge in [0, 0.05) is 32.7 Å². The molecule has 2 unspecified atom stereocenters. The molecule has 168 valence electrons. The Hall–Kier alpha value is -2.61. The molecule has 0 radical (unpaired) electrons. The molecule has 1 aliphatic heterocycles. The predicted octanol–water partition coefficient (Wildman–Crippen LogP) is 1.90. The number of methoxy groups -OCH3 is 1. The zero-order valence-corrected chi connectivity index (χ0v) is 18.6. The highest BCUT2D eigenvalue weighted by atomic mass is 16.5. The monoisotopic (exact) mass is 427 g/mol. The Morgan fingerprint density at radius 1 is 1.03 bits per heavy atom. The van der Waals surface area contributed by atoms with Gasteiger partial charge in [-0.05, 0) is 54.8 Å². The molecule has 0 aliphatic carbocycles. The zero-order valence-electron chi connectivity index (χ0n) is 18.6. The van der Waals surface area contributed by atoms with E-state index in [1.54, 1.807) is 7.11 Å². The van der Waals surface area contributed by atoms with E-state index >= 15 is 0 Å². The third kappa shape index (κ3) is 5.97. The van der Waals surface area contributed by atoms with Gasteiger partial charge in [-0.25, -0.2) is 0 Å². The lowest BCUT2D eigenvalue weighted by Gasteiger charge is -2.39. The fourth-order valence-corrected chi connectivity index (χ4v) is 4.18. The highest BCUT2D eigenvalue weighted by Crippen LogP contribution is 2.28. The molecule has 3 rings (SSSR count). The molecule has 31 heavy (non-hydrogen) atoms. The molecule has 2 atom stereocenters. The van der Waals surface area contributed by atoms with Gasteiger partial charge in [0.1, 0.15) is 30.3 Å². The Morgan fingerprint density at radius 2 is 1.61 bits per heavy atom. The van der Waals surface area contributed by atoms with Gasteiger partial charge in [0.2, 0.25) is 5.91 Å². The molecule has 1 amide bonds. The molecule has 0 aromatic heterocycles. The molecule has 3 N–H and O–H groups in total. The fraction of sp³-hybridized carbons (Fsp3) is 0.458. The molecule has 2 aromatic carbocycles. The van der Waals surface area contributed by atoms with Crippen molar-refractivity contribution in [3.63, 3.8) is 0 Å². The number of benzene rings is 2. The number of β-amino-alcohol motifs (C(OH)–C–C–N with tert-alkyl or cyclic N) is 1. The van der Waals surface area contributed by atoms with Crippen LogP contribution >= 0.6 is 0 Å². The molecule has 0 bridgehead atoms. The SMILES string of the molecule is COc1ccc(OCC(O)CN2CCN(C(C(N)=O)c3c(C)cccc3C)CC2)cc1. The molecule has 1 fully saturated rings. The number of rotatable bonds is 9. The molecule has 7 nitrogen and oxygen atoms in total. The fourth-order valence-electron chi connectivity index (χ4n) is 4.18. The highest BCUT2D eigenvalue weighted by molar-refractivity contribution is 5.82. The van der Waals surface area contributed by atoms with E-state index in [1.807, 2.05) is 56.3 Å². The molecule has 1 heterocycles. The standard InChI is InChI=1S/C24H33N3O4/c1-17-5-4-6-18(2)22(17)23(24(25)29)27-13-11-26(12-14-27)15-19(28)16-31-21-9-7-20(30-3)8-10-21/h4-10,19,23,28H,11-16H2,1-3H3,(H2,25,29). The highest BCUT2D eigenvalue weighted by Gasteiger charge is 2.31. The van der Waals surface area contributed by atoms with Crippen LogP contribution in [0.15, 0.2) is 42.5 Å². The van der Waals surface area contributed by atoms with E-state index in [2.05, 4.69) is 9.80 Å². The maximum atomic E-state index is 12.3. The van der Waals surface area contributed by atoms with E-state index < -0.39 is 12.1 Å². The van der Waals surface area contributed by atoms with Crippen molar-refractivity contribution in [2.75, 3.05) is 46.4 Å². The Labute approximate surface area is 184 Å². The number of primary amides is 1. The Morgan fingerprint density at radius 3 is 2.16 bits per heavy atom. The van der Waals surface area contributed by atoms with Gasteiger partial charge in [-0.1, -0.05) is 18.2 Å². The summed E-state index contributed by atoms with van der Waals surface area (Å²) in [6, 6.07) is 12.9. The van der Waals surface area contributed by atoms with Crippen molar-refractivity contribution in [2.24, 2.45) is 5.73 Å². The largest absolute Gasteiger partial charge is 0.497 e. The van der Waals surface area contributed by atoms with Crippen LogP contribution in [0.3, 0.4) is 0 Å². The Balaban J connectivity index is 1.51. The van der Waals surface area contributed by atoms with Crippen molar-refractivity contribution in [1.29, 1.82) is 0 Å². The van der Waals surface area contributed by atoms with Gasteiger partial charge in [0.05, 0.1) is 7.11 Å². The smallest absolute Gasteiger partial charge is 0.239 e. The summed E-state index contributed by atoms with van der Waals surface area (Å²) in [6.45, 7) is 7.73. The van der Waals surface area contributed by atoms with Gasteiger partial charge >= 0.3 is 0 Å². The number of piperazine rings is 1. The normalized spacial score (nSPS) is 17.2. The number of nitrogens with two attached hydrogens (primary N) is 1. The minimum absolute atomic E-state index is 0.221. The Bertz CT molecular complexity index is 843. The average molecular weight is 428 g/mol. The maximum absolute atomic E-state index is 12.3. The van der Waals surface area contributed by atoms with Crippen LogP contribution in [0.2, 0.25) is 0 Å². The van der Waals surface area contributed by atoms with E-state index in [9.17, 15) is 9.90 Å². The summed E-state index contributed by atoms with van der Waals surface area (Å²) >= 11 is 0. The number of carbonyl (C=O) groups is 1. The first kappa shape index (κ1) is 23.1. The summed E-state index contributed by atoms with van der Waals surface area (Å²) in [4.78, 5) is 16.7. The van der Waals surface area contributed by atoms with Crippen molar-refractivity contribution in [3.05, 3.63) is 59.2 Å². The van der Waals surface area contributed by atoms with Crippen LogP contribution in [0, 0.1) is 13.8 Å². The van der Waals surface area contributed by atoms with Crippen molar-refractivity contribution >= 4 is 5.91 Å². The van der Waals surface area contributed by atoms with Crippen LogP contribution in [0.25, 0.3) is 0 Å². The number of carbonyl (C=O) groups excluding carboxylic acids is 1. The third-order valence-electron chi connectivity index (χ3n) is 5.83. The molecule has 2 aromatic rings. The van der Waals surface area contributed by atoms with Gasteiger partial charge < -0.3 is 20.3 Å². The summed E-state index contributed by atoms with van der Waals surface area (Å²) in [5.41, 5.74) is 8.98. The second-order valence-electron chi connectivity index (χ2n) is 8.09. The van der Waals surface area contributed by atoms with Crippen molar-refractivity contribution < 1.29 is 19.4 Å². The number of hydrogen-bond donors (Lipinski definition) is 2. The van der Waals surface area contributed by atoms with Gasteiger partial charge in [0.15, 0.2) is 0 Å². The zero-order chi connectivity index (χ0) is 22.4. The number of ether oxygens (including phenoxy) is 2. The molecule has 0 spiro atoms. The molecular formula is C24H33N3O4. The first-order chi connectivity index (χ1) is 14.9. The van der Waals surface area contributed by atoms with Crippen molar-refractivity contribution in [3.8, 4) is 11.5 Å². The number of aliphatic hydroxyl groups is 1. The predicted molar refractivity (Wildman–Crippen MR) is 120 cm³/mol. The lowest BCUT2D eigenvalue weighted by atomic mass is 9.94. The van der Waals surface area contributed by atoms with Gasteiger partial charge in [0.25, 0.3) is 0 Å². The summed E-state index contributed by atoms with van der Waals surface area (Å²) in [7, 11) is 1.62. The van der Waals surface area contributed by atoms with Crippen LogP contribution < -0.4 is 15.2 Å². The number of nitrogens with zero attached hydrogens (tertiary/aromatic N) is 2. The minimum atomic E-state index is -0.598. The van der Waals surface area contributed by atoms with E-state index in [1.165, 1.54) is 0 Å². The summed E-state index contributed by atoms with van der Waals surface area (Å²) in [5, 5.41) is 10.4. The summed E-state index contributed by atoms with van der Waals surface area (Å²) in [5.74, 6) is 1.14. The van der Waals surface area contributed by atoms with E-state index in [0.717, 1.165) is 35.5 Å². The van der Waals surface area contributed by atoms with Crippen LogP contribution in [-0.4, -0.2) is 73.4 Å². The second kappa shape index (κ2) is 10.6. The van der Waals surface area contributed by atoms with Crippen LogP contribution in [0.4, 0.5) is 0 Å². The van der Waals surface area contributed by atoms with Gasteiger partial charge in [-0.15, -0.1) is 0 Å². The number of amides is 1. The average Bonchev–Trinajstić information content (AvgIpc) is 2.76. The topological polar surface area (TPSA) is 88.3 Å². The van der Waals surface area contributed by atoms with E-state index in [-0.39, 0.29) is 12.5 Å². The first-order valence-corrected chi connectivity index (χ1v) is 10.7. The van der Waals surface area contributed by atoms with Crippen molar-refractivity contribution in [1.82, 2.24) is 9.80 Å². The number of aliphatic hydroxyl groups excluding tert-OH is 1. The molecule has 0 saturated carbocycles. The van der Waals surface area contributed by atoms with E-state index in [4.69, 9.17) is 15.2 Å². The summed E-state index contributed by atoms with van der Waals surface area (Å²) in [6.07, 6.45) is -0.598. The molecule has 1 aliphatic rings. The second-order valence-corrected chi connectivity index (χ2v) is 8.09. The third-order valence-corrected chi connectivity index (χ3v) is 5.83.